The Bertz CT molecular complexity index is 769. The van der Waals surface area contributed by atoms with Crippen molar-refractivity contribution in [1.29, 1.82) is 0 Å². The second-order valence-corrected chi connectivity index (χ2v) is 7.82. The predicted molar refractivity (Wildman–Crippen MR) is 110 cm³/mol. The second kappa shape index (κ2) is 8.82. The van der Waals surface area contributed by atoms with E-state index in [1.165, 1.54) is 0 Å². The van der Waals surface area contributed by atoms with Crippen LogP contribution < -0.4 is 0 Å². The van der Waals surface area contributed by atoms with Gasteiger partial charge in [-0.15, -0.1) is 0 Å². The van der Waals surface area contributed by atoms with Crippen LogP contribution in [0, 0.1) is 0 Å². The summed E-state index contributed by atoms with van der Waals surface area (Å²) in [6.45, 7) is 1.99. The van der Waals surface area contributed by atoms with Crippen molar-refractivity contribution in [3.63, 3.8) is 0 Å². The Morgan fingerprint density at radius 1 is 1.18 bits per heavy atom. The molecule has 0 radical (unpaired) electrons. The number of hydrogen-bond acceptors (Lipinski definition) is 5. The number of pyridine rings is 1. The molecule has 6 nitrogen and oxygen atoms in total. The summed E-state index contributed by atoms with van der Waals surface area (Å²) in [6, 6.07) is 14.0. The van der Waals surface area contributed by atoms with Crippen LogP contribution in [0.4, 0.5) is 0 Å². The van der Waals surface area contributed by atoms with E-state index < -0.39 is 11.6 Å². The molecule has 1 N–H and O–H groups in total. The maximum atomic E-state index is 12.8. The van der Waals surface area contributed by atoms with Crippen LogP contribution >= 0.6 is 0 Å². The highest BCUT2D eigenvalue weighted by molar-refractivity contribution is 5.78. The number of carbonyl (C=O) groups is 1. The molecule has 2 aromatic rings. The lowest BCUT2D eigenvalue weighted by Crippen LogP contribution is -2.61. The van der Waals surface area contributed by atoms with E-state index in [4.69, 9.17) is 0 Å². The molecular weight excluding hydrogens is 352 g/mol. The van der Waals surface area contributed by atoms with E-state index in [0.717, 1.165) is 11.1 Å². The number of carbonyl (C=O) groups excluding carboxylic acids is 1. The number of aliphatic hydroxyl groups is 1. The second-order valence-electron chi connectivity index (χ2n) is 7.82. The molecule has 1 saturated heterocycles. The number of likely N-dealkylation sites (tertiary alicyclic amines) is 1. The Morgan fingerprint density at radius 3 is 2.46 bits per heavy atom. The van der Waals surface area contributed by atoms with Crippen LogP contribution in [0.2, 0.25) is 0 Å². The number of rotatable bonds is 6. The molecule has 0 aliphatic carbocycles. The van der Waals surface area contributed by atoms with Crippen LogP contribution in [0.3, 0.4) is 0 Å². The van der Waals surface area contributed by atoms with Crippen LogP contribution in [0.5, 0.6) is 0 Å². The topological polar surface area (TPSA) is 59.9 Å². The largest absolute Gasteiger partial charge is 0.389 e. The van der Waals surface area contributed by atoms with Gasteiger partial charge in [0.05, 0.1) is 18.2 Å². The van der Waals surface area contributed by atoms with E-state index in [9.17, 15) is 9.90 Å². The summed E-state index contributed by atoms with van der Waals surface area (Å²) in [5, 5.41) is 11.1. The number of piperidine rings is 1. The van der Waals surface area contributed by atoms with Crippen LogP contribution in [-0.2, 0) is 16.9 Å². The fraction of sp³-hybridized carbons (Fsp3) is 0.455. The predicted octanol–water partition coefficient (Wildman–Crippen LogP) is 1.56. The molecule has 150 valence electrons. The number of amides is 1. The SMILES string of the molecule is CN(CC(=O)N1CC[C@@](c2ccccc2)(N(C)C)[C@H](O)C1)Cc1ccncc1. The lowest BCUT2D eigenvalue weighted by Gasteiger charge is -2.50. The fourth-order valence-electron chi connectivity index (χ4n) is 4.18. The third-order valence-corrected chi connectivity index (χ3v) is 5.74. The molecule has 1 aliphatic rings. The maximum absolute atomic E-state index is 12.8. The number of benzene rings is 1. The minimum absolute atomic E-state index is 0.0519. The molecule has 1 fully saturated rings. The first-order chi connectivity index (χ1) is 13.4. The molecule has 28 heavy (non-hydrogen) atoms. The Hall–Kier alpha value is -2.28. The average molecular weight is 383 g/mol. The van der Waals surface area contributed by atoms with E-state index in [0.29, 0.717) is 32.6 Å². The molecule has 2 atom stereocenters. The molecule has 0 saturated carbocycles. The molecule has 6 heteroatoms. The average Bonchev–Trinajstić information content (AvgIpc) is 2.69. The van der Waals surface area contributed by atoms with Crippen molar-refractivity contribution in [2.75, 3.05) is 40.8 Å². The van der Waals surface area contributed by atoms with Gasteiger partial charge in [0.1, 0.15) is 0 Å². The van der Waals surface area contributed by atoms with E-state index in [-0.39, 0.29) is 5.91 Å². The lowest BCUT2D eigenvalue weighted by atomic mass is 9.77. The molecule has 0 bridgehead atoms. The van der Waals surface area contributed by atoms with Crippen LogP contribution in [0.15, 0.2) is 54.9 Å². The van der Waals surface area contributed by atoms with Gasteiger partial charge in [0, 0.05) is 32.0 Å². The first kappa shape index (κ1) is 20.5. The van der Waals surface area contributed by atoms with E-state index in [1.54, 1.807) is 17.3 Å². The number of hydrogen-bond donors (Lipinski definition) is 1. The van der Waals surface area contributed by atoms with Gasteiger partial charge in [-0.3, -0.25) is 19.6 Å². The summed E-state index contributed by atoms with van der Waals surface area (Å²) in [6.07, 6.45) is 3.57. The maximum Gasteiger partial charge on any atom is 0.236 e. The van der Waals surface area contributed by atoms with Crippen molar-refractivity contribution in [2.24, 2.45) is 0 Å². The van der Waals surface area contributed by atoms with Gasteiger partial charge in [-0.2, -0.15) is 0 Å². The fourth-order valence-corrected chi connectivity index (χ4v) is 4.18. The zero-order valence-electron chi connectivity index (χ0n) is 17.0. The molecule has 1 aromatic carbocycles. The molecule has 3 rings (SSSR count). The Kier molecular flexibility index (Phi) is 6.44. The molecule has 0 spiro atoms. The third kappa shape index (κ3) is 4.24. The Labute approximate surface area is 167 Å². The van der Waals surface area contributed by atoms with Gasteiger partial charge >= 0.3 is 0 Å². The number of nitrogens with zero attached hydrogens (tertiary/aromatic N) is 4. The molecule has 0 unspecified atom stereocenters. The lowest BCUT2D eigenvalue weighted by molar-refractivity contribution is -0.141. The normalized spacial score (nSPS) is 22.6. The number of β-amino-alcohol motifs (C(OH)–C–C–N with tert-alkyl or cyclic N) is 1. The van der Waals surface area contributed by atoms with E-state index >= 15 is 0 Å². The first-order valence-corrected chi connectivity index (χ1v) is 9.69. The zero-order valence-corrected chi connectivity index (χ0v) is 17.0. The van der Waals surface area contributed by atoms with E-state index in [2.05, 4.69) is 22.0 Å². The highest BCUT2D eigenvalue weighted by Crippen LogP contribution is 2.37. The van der Waals surface area contributed by atoms with E-state index in [1.807, 2.05) is 56.4 Å². The third-order valence-electron chi connectivity index (χ3n) is 5.74. The van der Waals surface area contributed by atoms with Crippen LogP contribution in [-0.4, -0.2) is 77.6 Å². The smallest absolute Gasteiger partial charge is 0.236 e. The summed E-state index contributed by atoms with van der Waals surface area (Å²) < 4.78 is 0. The summed E-state index contributed by atoms with van der Waals surface area (Å²) >= 11 is 0. The van der Waals surface area contributed by atoms with Gasteiger partial charge in [0.15, 0.2) is 0 Å². The summed E-state index contributed by atoms with van der Waals surface area (Å²) in [4.78, 5) is 22.7. The Balaban J connectivity index is 1.64. The van der Waals surface area contributed by atoms with Gasteiger partial charge in [-0.25, -0.2) is 0 Å². The van der Waals surface area contributed by atoms with Gasteiger partial charge in [0.25, 0.3) is 0 Å². The van der Waals surface area contributed by atoms with Crippen LogP contribution in [0.25, 0.3) is 0 Å². The minimum Gasteiger partial charge on any atom is -0.389 e. The van der Waals surface area contributed by atoms with Crippen molar-refractivity contribution >= 4 is 5.91 Å². The minimum atomic E-state index is -0.645. The quantitative estimate of drug-likeness (QED) is 0.822. The van der Waals surface area contributed by atoms with Crippen molar-refractivity contribution < 1.29 is 9.90 Å². The van der Waals surface area contributed by atoms with Gasteiger partial charge < -0.3 is 10.0 Å². The monoisotopic (exact) mass is 382 g/mol. The molecule has 1 aromatic heterocycles. The van der Waals surface area contributed by atoms with Crippen LogP contribution in [0.1, 0.15) is 17.5 Å². The van der Waals surface area contributed by atoms with Gasteiger partial charge in [0.2, 0.25) is 5.91 Å². The molecular formula is C22H30N4O2. The first-order valence-electron chi connectivity index (χ1n) is 9.69. The molecule has 1 amide bonds. The van der Waals surface area contributed by atoms with Crippen molar-refractivity contribution in [3.8, 4) is 0 Å². The standard InChI is InChI=1S/C22H30N4O2/c1-24(2)22(19-7-5-4-6-8-19)11-14-26(16-20(22)27)21(28)17-25(3)15-18-9-12-23-13-10-18/h4-10,12-13,20,27H,11,14-17H2,1-3H3/t20-,22+/m1/s1. The molecule has 1 aliphatic heterocycles. The van der Waals surface area contributed by atoms with Crippen molar-refractivity contribution in [3.05, 3.63) is 66.0 Å². The number of likely N-dealkylation sites (N-methyl/N-ethyl adjacent to an activating group) is 2. The summed E-state index contributed by atoms with van der Waals surface area (Å²) in [5.41, 5.74) is 1.75. The molecule has 2 heterocycles. The highest BCUT2D eigenvalue weighted by atomic mass is 16.3. The zero-order chi connectivity index (χ0) is 20.1. The Morgan fingerprint density at radius 2 is 1.86 bits per heavy atom. The van der Waals surface area contributed by atoms with Crippen molar-refractivity contribution in [1.82, 2.24) is 19.7 Å². The number of aromatic nitrogens is 1. The van der Waals surface area contributed by atoms with Gasteiger partial charge in [-0.1, -0.05) is 30.3 Å². The summed E-state index contributed by atoms with van der Waals surface area (Å²) in [7, 11) is 5.93. The highest BCUT2D eigenvalue weighted by Gasteiger charge is 2.46. The van der Waals surface area contributed by atoms with Gasteiger partial charge in [-0.05, 0) is 50.8 Å². The number of aliphatic hydroxyl groups excluding tert-OH is 1. The van der Waals surface area contributed by atoms with Crippen molar-refractivity contribution in [2.45, 2.75) is 24.6 Å². The summed E-state index contributed by atoms with van der Waals surface area (Å²) in [5.74, 6) is 0.0519.